The number of rotatable bonds is 1. The highest BCUT2D eigenvalue weighted by molar-refractivity contribution is 5.83. The zero-order chi connectivity index (χ0) is 8.39. The molecular weight excluding hydrogens is 144 g/mol. The molecule has 2 rings (SSSR count). The van der Waals surface area contributed by atoms with E-state index in [1.807, 2.05) is 18.2 Å². The van der Waals surface area contributed by atoms with Crippen molar-refractivity contribution in [1.82, 2.24) is 0 Å². The Bertz CT molecular complexity index is 413. The SMILES string of the molecule is C=[C]c1ccc2ccccc2c1. The fraction of sp³-hybridized carbons (Fsp3) is 0. The van der Waals surface area contributed by atoms with Gasteiger partial charge in [0.15, 0.2) is 0 Å². The summed E-state index contributed by atoms with van der Waals surface area (Å²) in [6.07, 6.45) is 2.87. The van der Waals surface area contributed by atoms with Crippen LogP contribution in [0.5, 0.6) is 0 Å². The van der Waals surface area contributed by atoms with Crippen LogP contribution in [0, 0.1) is 6.08 Å². The molecule has 0 atom stereocenters. The summed E-state index contributed by atoms with van der Waals surface area (Å²) in [5.41, 5.74) is 1.05. The third-order valence-electron chi connectivity index (χ3n) is 1.95. The van der Waals surface area contributed by atoms with Gasteiger partial charge >= 0.3 is 0 Å². The molecule has 12 heavy (non-hydrogen) atoms. The predicted molar refractivity (Wildman–Crippen MR) is 51.9 cm³/mol. The van der Waals surface area contributed by atoms with Crippen molar-refractivity contribution in [2.24, 2.45) is 0 Å². The Morgan fingerprint density at radius 1 is 0.917 bits per heavy atom. The minimum absolute atomic E-state index is 1.05. The van der Waals surface area contributed by atoms with Gasteiger partial charge in [-0.05, 0) is 28.5 Å². The number of hydrogen-bond acceptors (Lipinski definition) is 0. The topological polar surface area (TPSA) is 0 Å². The lowest BCUT2D eigenvalue weighted by Crippen LogP contribution is -1.74. The van der Waals surface area contributed by atoms with Gasteiger partial charge < -0.3 is 0 Å². The molecule has 0 heteroatoms. The van der Waals surface area contributed by atoms with Crippen molar-refractivity contribution in [3.8, 4) is 0 Å². The third-order valence-corrected chi connectivity index (χ3v) is 1.95. The van der Waals surface area contributed by atoms with Crippen LogP contribution in [0.2, 0.25) is 0 Å². The highest BCUT2D eigenvalue weighted by Crippen LogP contribution is 2.14. The van der Waals surface area contributed by atoms with Gasteiger partial charge in [-0.3, -0.25) is 0 Å². The van der Waals surface area contributed by atoms with Crippen LogP contribution in [0.25, 0.3) is 10.8 Å². The highest BCUT2D eigenvalue weighted by atomic mass is 14.0. The maximum atomic E-state index is 3.61. The second-order valence-corrected chi connectivity index (χ2v) is 2.74. The maximum Gasteiger partial charge on any atom is -0.0178 e. The Morgan fingerprint density at radius 2 is 1.67 bits per heavy atom. The minimum Gasteiger partial charge on any atom is -0.0906 e. The molecule has 0 heterocycles. The van der Waals surface area contributed by atoms with Crippen molar-refractivity contribution in [3.63, 3.8) is 0 Å². The molecular formula is C12H9. The lowest BCUT2D eigenvalue weighted by molar-refractivity contribution is 1.63. The normalized spacial score (nSPS) is 10.0. The van der Waals surface area contributed by atoms with Crippen LogP contribution in [0.1, 0.15) is 5.56 Å². The molecule has 0 unspecified atom stereocenters. The molecule has 0 aliphatic heterocycles. The summed E-state index contributed by atoms with van der Waals surface area (Å²) in [7, 11) is 0. The van der Waals surface area contributed by atoms with Crippen LogP contribution in [-0.2, 0) is 0 Å². The van der Waals surface area contributed by atoms with Crippen molar-refractivity contribution in [3.05, 3.63) is 60.7 Å². The van der Waals surface area contributed by atoms with Crippen molar-refractivity contribution in [1.29, 1.82) is 0 Å². The lowest BCUT2D eigenvalue weighted by Gasteiger charge is -1.97. The van der Waals surface area contributed by atoms with E-state index in [-0.39, 0.29) is 0 Å². The molecule has 0 nitrogen and oxygen atoms in total. The largest absolute Gasteiger partial charge is 0.0906 e. The Balaban J connectivity index is 2.75. The first-order valence-corrected chi connectivity index (χ1v) is 3.92. The first kappa shape index (κ1) is 7.11. The van der Waals surface area contributed by atoms with Crippen molar-refractivity contribution < 1.29 is 0 Å². The van der Waals surface area contributed by atoms with Crippen LogP contribution < -0.4 is 0 Å². The van der Waals surface area contributed by atoms with Gasteiger partial charge in [0.05, 0.1) is 0 Å². The average Bonchev–Trinajstić information content (AvgIpc) is 2.17. The highest BCUT2D eigenvalue weighted by Gasteiger charge is 1.91. The van der Waals surface area contributed by atoms with Crippen molar-refractivity contribution >= 4 is 10.8 Å². The van der Waals surface area contributed by atoms with Crippen LogP contribution in [-0.4, -0.2) is 0 Å². The van der Waals surface area contributed by atoms with E-state index in [0.29, 0.717) is 0 Å². The summed E-state index contributed by atoms with van der Waals surface area (Å²) in [6.45, 7) is 3.61. The summed E-state index contributed by atoms with van der Waals surface area (Å²) in [5, 5.41) is 2.50. The van der Waals surface area contributed by atoms with Crippen molar-refractivity contribution in [2.75, 3.05) is 0 Å². The molecule has 0 aliphatic rings. The molecule has 2 aromatic carbocycles. The van der Waals surface area contributed by atoms with Crippen molar-refractivity contribution in [2.45, 2.75) is 0 Å². The molecule has 0 aliphatic carbocycles. The standard InChI is InChI=1S/C12H9/c1-2-10-7-8-11-5-3-4-6-12(11)9-10/h3-9H,1H2. The fourth-order valence-electron chi connectivity index (χ4n) is 1.30. The molecule has 0 amide bonds. The van der Waals surface area contributed by atoms with E-state index in [0.717, 1.165) is 5.56 Å². The van der Waals surface area contributed by atoms with Gasteiger partial charge in [0, 0.05) is 0 Å². The van der Waals surface area contributed by atoms with Crippen LogP contribution in [0.15, 0.2) is 49.0 Å². The molecule has 0 N–H and O–H groups in total. The van der Waals surface area contributed by atoms with E-state index in [1.54, 1.807) is 0 Å². The van der Waals surface area contributed by atoms with Crippen LogP contribution in [0.4, 0.5) is 0 Å². The minimum atomic E-state index is 1.05. The predicted octanol–water partition coefficient (Wildman–Crippen LogP) is 3.18. The molecule has 0 aromatic heterocycles. The third kappa shape index (κ3) is 1.12. The van der Waals surface area contributed by atoms with Crippen LogP contribution in [0.3, 0.4) is 0 Å². The first-order chi connectivity index (χ1) is 5.90. The monoisotopic (exact) mass is 153 g/mol. The molecule has 1 radical (unpaired) electrons. The van der Waals surface area contributed by atoms with Gasteiger partial charge in [-0.1, -0.05) is 43.0 Å². The Labute approximate surface area is 72.2 Å². The Morgan fingerprint density at radius 3 is 2.42 bits per heavy atom. The zero-order valence-corrected chi connectivity index (χ0v) is 6.75. The quantitative estimate of drug-likeness (QED) is 0.590. The summed E-state index contributed by atoms with van der Waals surface area (Å²) < 4.78 is 0. The van der Waals surface area contributed by atoms with Gasteiger partial charge in [0.2, 0.25) is 0 Å². The summed E-state index contributed by atoms with van der Waals surface area (Å²) in [4.78, 5) is 0. The fourth-order valence-corrected chi connectivity index (χ4v) is 1.30. The Kier molecular flexibility index (Phi) is 1.67. The lowest BCUT2D eigenvalue weighted by atomic mass is 10.1. The molecule has 0 bridgehead atoms. The molecule has 0 fully saturated rings. The van der Waals surface area contributed by atoms with Gasteiger partial charge in [0.1, 0.15) is 0 Å². The second kappa shape index (κ2) is 2.82. The second-order valence-electron chi connectivity index (χ2n) is 2.74. The van der Waals surface area contributed by atoms with E-state index in [1.165, 1.54) is 10.8 Å². The maximum absolute atomic E-state index is 3.61. The van der Waals surface area contributed by atoms with Gasteiger partial charge in [0.25, 0.3) is 0 Å². The molecule has 2 aromatic rings. The van der Waals surface area contributed by atoms with E-state index in [9.17, 15) is 0 Å². The first-order valence-electron chi connectivity index (χ1n) is 3.92. The summed E-state index contributed by atoms with van der Waals surface area (Å²) in [5.74, 6) is 0. The Hall–Kier alpha value is -1.56. The molecule has 0 spiro atoms. The van der Waals surface area contributed by atoms with Gasteiger partial charge in [-0.2, -0.15) is 0 Å². The smallest absolute Gasteiger partial charge is 0.0178 e. The summed E-state index contributed by atoms with van der Waals surface area (Å²) >= 11 is 0. The van der Waals surface area contributed by atoms with Gasteiger partial charge in [-0.15, -0.1) is 0 Å². The number of hydrogen-bond donors (Lipinski definition) is 0. The molecule has 0 saturated heterocycles. The van der Waals surface area contributed by atoms with Gasteiger partial charge in [-0.25, -0.2) is 0 Å². The summed E-state index contributed by atoms with van der Waals surface area (Å²) in [6, 6.07) is 14.5. The van der Waals surface area contributed by atoms with E-state index < -0.39 is 0 Å². The average molecular weight is 153 g/mol. The molecule has 57 valence electrons. The number of benzene rings is 2. The van der Waals surface area contributed by atoms with E-state index >= 15 is 0 Å². The van der Waals surface area contributed by atoms with E-state index in [4.69, 9.17) is 0 Å². The van der Waals surface area contributed by atoms with E-state index in [2.05, 4.69) is 36.9 Å². The number of fused-ring (bicyclic) bond motifs is 1. The van der Waals surface area contributed by atoms with Crippen LogP contribution >= 0.6 is 0 Å². The molecule has 0 saturated carbocycles. The zero-order valence-electron chi connectivity index (χ0n) is 6.75.